The highest BCUT2D eigenvalue weighted by Gasteiger charge is 2.62. The van der Waals surface area contributed by atoms with Gasteiger partial charge >= 0.3 is 12.2 Å². The number of halogens is 1. The molecule has 3 heterocycles. The highest BCUT2D eigenvalue weighted by molar-refractivity contribution is 7.91. The Morgan fingerprint density at radius 1 is 1.15 bits per heavy atom. The van der Waals surface area contributed by atoms with Gasteiger partial charge in [0.1, 0.15) is 29.3 Å². The summed E-state index contributed by atoms with van der Waals surface area (Å²) in [4.78, 5) is 71.0. The first kappa shape index (κ1) is 37.6. The van der Waals surface area contributed by atoms with Crippen molar-refractivity contribution in [2.75, 3.05) is 19.8 Å². The lowest BCUT2D eigenvalue weighted by atomic mass is 10.1. The first-order valence-electron chi connectivity index (χ1n) is 17.4. The molecule has 3 N–H and O–H groups in total. The molecule has 5 atom stereocenters. The minimum absolute atomic E-state index is 0.106. The normalized spacial score (nSPS) is 27.9. The third kappa shape index (κ3) is 8.57. The first-order valence-corrected chi connectivity index (χ1v) is 19.4. The molecular formula is C35H44ClN5O10S. The molecule has 1 aromatic rings. The molecule has 0 aromatic heterocycles. The largest absolute Gasteiger partial charge is 0.444 e. The molecule has 2 saturated carbocycles. The zero-order valence-corrected chi connectivity index (χ0v) is 30.9. The van der Waals surface area contributed by atoms with Gasteiger partial charge in [0.2, 0.25) is 21.8 Å². The van der Waals surface area contributed by atoms with E-state index in [4.69, 9.17) is 25.8 Å². The molecule has 5 amide bonds. The number of benzene rings is 1. The van der Waals surface area contributed by atoms with Crippen LogP contribution in [-0.4, -0.2) is 102 Å². The van der Waals surface area contributed by atoms with E-state index in [1.54, 1.807) is 45.1 Å². The average molecular weight is 762 g/mol. The molecule has 0 unspecified atom stereocenters. The van der Waals surface area contributed by atoms with Crippen LogP contribution >= 0.6 is 11.6 Å². The summed E-state index contributed by atoms with van der Waals surface area (Å²) in [5.74, 6) is -2.90. The summed E-state index contributed by atoms with van der Waals surface area (Å²) in [7, 11) is -3.94. The van der Waals surface area contributed by atoms with Crippen LogP contribution < -0.4 is 15.4 Å². The molecule has 1 aromatic carbocycles. The van der Waals surface area contributed by atoms with Crippen LogP contribution in [0.15, 0.2) is 36.1 Å². The fraction of sp³-hybridized carbons (Fsp3) is 0.600. The number of hydrogen-bond donors (Lipinski definition) is 3. The number of rotatable bonds is 5. The molecule has 282 valence electrons. The van der Waals surface area contributed by atoms with E-state index in [9.17, 15) is 32.4 Å². The lowest BCUT2D eigenvalue weighted by Gasteiger charge is -2.30. The Morgan fingerprint density at radius 3 is 2.63 bits per heavy atom. The maximum absolute atomic E-state index is 14.3. The van der Waals surface area contributed by atoms with Gasteiger partial charge in [-0.05, 0) is 82.2 Å². The van der Waals surface area contributed by atoms with Gasteiger partial charge in [-0.3, -0.25) is 24.0 Å². The van der Waals surface area contributed by atoms with Crippen molar-refractivity contribution in [3.05, 3.63) is 52.2 Å². The third-order valence-corrected chi connectivity index (χ3v) is 11.8. The smallest absolute Gasteiger partial charge is 0.410 e. The SMILES string of the molecule is CC(C)(C)OC(=O)N[C@H]1COCCCC=C=C[C@@H]2C[C@@]2(C(=O)NS(=O)(=O)C2CC2)NC(=O)[C@@H]2C[C@@H](OC(=O)N3Cc4cccc(Cl)c4C3)CN2C1=O. The van der Waals surface area contributed by atoms with Crippen molar-refractivity contribution < 1.29 is 46.6 Å². The third-order valence-electron chi connectivity index (χ3n) is 9.59. The molecule has 52 heavy (non-hydrogen) atoms. The quantitative estimate of drug-likeness (QED) is 0.377. The predicted octanol–water partition coefficient (Wildman–Crippen LogP) is 2.66. The van der Waals surface area contributed by atoms with Gasteiger partial charge in [0.05, 0.1) is 24.9 Å². The molecule has 1 saturated heterocycles. The van der Waals surface area contributed by atoms with Crippen molar-refractivity contribution >= 4 is 51.5 Å². The summed E-state index contributed by atoms with van der Waals surface area (Å²) in [6.07, 6.45) is 2.81. The van der Waals surface area contributed by atoms with Gasteiger partial charge in [-0.1, -0.05) is 23.7 Å². The maximum atomic E-state index is 14.3. The van der Waals surface area contributed by atoms with E-state index in [0.29, 0.717) is 30.7 Å². The molecule has 0 radical (unpaired) electrons. The van der Waals surface area contributed by atoms with Gasteiger partial charge < -0.3 is 29.7 Å². The van der Waals surface area contributed by atoms with Gasteiger partial charge in [-0.25, -0.2) is 18.0 Å². The standard InChI is InChI=1S/C35H44ClN5O10S/c1-34(2,3)51-32(45)37-27-20-49-14-7-5-4-6-10-22-16-35(22,31(44)39-52(47,48)24-12-13-24)38-29(42)28-15-23(18-41(28)30(27)43)50-33(46)40-17-21-9-8-11-26(36)25(21)19-40/h4,8-11,22-24,27-28H,5,7,12-20H2,1-3H3,(H,37,45)(H,38,42)(H,39,44)/t6?,22-,23-,27+,28+,35-/m1/s1. The number of fused-ring (bicyclic) bond motifs is 3. The number of sulfonamides is 1. The second kappa shape index (κ2) is 14.7. The number of carbonyl (C=O) groups is 5. The molecule has 3 aliphatic heterocycles. The second-order valence-electron chi connectivity index (χ2n) is 14.9. The number of amides is 5. The highest BCUT2D eigenvalue weighted by atomic mass is 35.5. The summed E-state index contributed by atoms with van der Waals surface area (Å²) in [5, 5.41) is 5.17. The van der Waals surface area contributed by atoms with Crippen molar-refractivity contribution in [1.29, 1.82) is 0 Å². The van der Waals surface area contributed by atoms with E-state index in [1.807, 2.05) is 6.07 Å². The highest BCUT2D eigenvalue weighted by Crippen LogP contribution is 2.46. The second-order valence-corrected chi connectivity index (χ2v) is 17.2. The number of hydrogen-bond acceptors (Lipinski definition) is 10. The van der Waals surface area contributed by atoms with Crippen LogP contribution in [-0.2, 0) is 51.7 Å². The van der Waals surface area contributed by atoms with Crippen molar-refractivity contribution in [2.45, 2.75) is 107 Å². The molecular weight excluding hydrogens is 718 g/mol. The molecule has 6 rings (SSSR count). The summed E-state index contributed by atoms with van der Waals surface area (Å²) >= 11 is 6.35. The maximum Gasteiger partial charge on any atom is 0.410 e. The van der Waals surface area contributed by atoms with Crippen molar-refractivity contribution in [3.8, 4) is 0 Å². The van der Waals surface area contributed by atoms with Gasteiger partial charge in [0.25, 0.3) is 5.91 Å². The van der Waals surface area contributed by atoms with Gasteiger partial charge in [-0.15, -0.1) is 5.73 Å². The molecule has 3 fully saturated rings. The van der Waals surface area contributed by atoms with Gasteiger partial charge in [0, 0.05) is 30.5 Å². The minimum Gasteiger partial charge on any atom is -0.444 e. The van der Waals surface area contributed by atoms with E-state index < -0.39 is 80.4 Å². The molecule has 5 aliphatic rings. The monoisotopic (exact) mass is 761 g/mol. The Labute approximate surface area is 307 Å². The lowest BCUT2D eigenvalue weighted by molar-refractivity contribution is -0.142. The van der Waals surface area contributed by atoms with E-state index >= 15 is 0 Å². The van der Waals surface area contributed by atoms with Gasteiger partial charge in [-0.2, -0.15) is 0 Å². The van der Waals surface area contributed by atoms with E-state index in [0.717, 1.165) is 11.1 Å². The number of nitrogens with zero attached hydrogens (tertiary/aromatic N) is 2. The number of alkyl carbamates (subject to hydrolysis) is 1. The van der Waals surface area contributed by atoms with Crippen LogP contribution in [0, 0.1) is 5.92 Å². The fourth-order valence-corrected chi connectivity index (χ4v) is 8.24. The summed E-state index contributed by atoms with van der Waals surface area (Å²) in [6.45, 7) is 5.28. The van der Waals surface area contributed by atoms with E-state index in [2.05, 4.69) is 21.1 Å². The summed E-state index contributed by atoms with van der Waals surface area (Å²) in [5.41, 5.74) is 2.23. The molecule has 15 nitrogen and oxygen atoms in total. The Morgan fingerprint density at radius 2 is 1.92 bits per heavy atom. The van der Waals surface area contributed by atoms with Crippen molar-refractivity contribution in [2.24, 2.45) is 5.92 Å². The zero-order chi connectivity index (χ0) is 37.4. The molecule has 2 aliphatic carbocycles. The Balaban J connectivity index is 1.26. The molecule has 0 spiro atoms. The van der Waals surface area contributed by atoms with Crippen LogP contribution in [0.5, 0.6) is 0 Å². The average Bonchev–Trinajstić information content (AvgIpc) is 3.94. The summed E-state index contributed by atoms with van der Waals surface area (Å²) < 4.78 is 44.7. The summed E-state index contributed by atoms with van der Waals surface area (Å²) in [6, 6.07) is 2.84. The molecule has 0 bridgehead atoms. The number of ether oxygens (including phenoxy) is 3. The van der Waals surface area contributed by atoms with Crippen LogP contribution in [0.3, 0.4) is 0 Å². The Hall–Kier alpha value is -4.11. The predicted molar refractivity (Wildman–Crippen MR) is 186 cm³/mol. The number of nitrogens with one attached hydrogen (secondary N) is 3. The zero-order valence-electron chi connectivity index (χ0n) is 29.3. The molecule has 17 heteroatoms. The van der Waals surface area contributed by atoms with Crippen LogP contribution in [0.2, 0.25) is 5.02 Å². The Bertz CT molecular complexity index is 1800. The van der Waals surface area contributed by atoms with E-state index in [-0.39, 0.29) is 45.7 Å². The number of carbonyl (C=O) groups excluding carboxylic acids is 5. The van der Waals surface area contributed by atoms with Crippen LogP contribution in [0.1, 0.15) is 70.4 Å². The topological polar surface area (TPSA) is 190 Å². The first-order chi connectivity index (χ1) is 24.6. The van der Waals surface area contributed by atoms with E-state index in [1.165, 1.54) is 9.80 Å². The van der Waals surface area contributed by atoms with Gasteiger partial charge in [0.15, 0.2) is 0 Å². The van der Waals surface area contributed by atoms with Crippen molar-refractivity contribution in [3.63, 3.8) is 0 Å². The minimum atomic E-state index is -3.94. The Kier molecular flexibility index (Phi) is 10.7. The van der Waals surface area contributed by atoms with Crippen molar-refractivity contribution in [1.82, 2.24) is 25.2 Å². The van der Waals surface area contributed by atoms with Crippen LogP contribution in [0.4, 0.5) is 9.59 Å². The fourth-order valence-electron chi connectivity index (χ4n) is 6.62. The van der Waals surface area contributed by atoms with Crippen LogP contribution in [0.25, 0.3) is 0 Å². The lowest BCUT2D eigenvalue weighted by Crippen LogP contribution is -2.59.